The Balaban J connectivity index is 1.82. The van der Waals surface area contributed by atoms with Crippen molar-refractivity contribution in [1.29, 1.82) is 0 Å². The van der Waals surface area contributed by atoms with Crippen molar-refractivity contribution in [2.45, 2.75) is 32.3 Å². The van der Waals surface area contributed by atoms with E-state index in [9.17, 15) is 14.7 Å². The van der Waals surface area contributed by atoms with Crippen LogP contribution in [0, 0.1) is 6.92 Å². The summed E-state index contributed by atoms with van der Waals surface area (Å²) in [5.74, 6) is -1.19. The molecule has 0 fully saturated rings. The summed E-state index contributed by atoms with van der Waals surface area (Å²) < 4.78 is 5.80. The Bertz CT molecular complexity index is 947. The van der Waals surface area contributed by atoms with Crippen LogP contribution in [0.2, 0.25) is 0 Å². The van der Waals surface area contributed by atoms with Crippen LogP contribution >= 0.6 is 11.3 Å². The van der Waals surface area contributed by atoms with Gasteiger partial charge in [0.25, 0.3) is 0 Å². The molecule has 1 unspecified atom stereocenters. The molecule has 1 atom stereocenters. The number of aliphatic carboxylic acids is 1. The van der Waals surface area contributed by atoms with Crippen molar-refractivity contribution >= 4 is 23.1 Å². The minimum absolute atomic E-state index is 0.114. The second-order valence-corrected chi connectivity index (χ2v) is 7.41. The molecule has 0 saturated heterocycles. The first kappa shape index (κ1) is 19.8. The molecule has 0 spiro atoms. The van der Waals surface area contributed by atoms with Crippen molar-refractivity contribution < 1.29 is 19.4 Å². The number of hydrogen-bond donors (Lipinski definition) is 0. The first-order valence-electron chi connectivity index (χ1n) is 9.08. The fraction of sp³-hybridized carbons (Fsp3) is 0.217. The van der Waals surface area contributed by atoms with Crippen molar-refractivity contribution in [1.82, 2.24) is 0 Å². The number of hydrogen-bond acceptors (Lipinski definition) is 5. The van der Waals surface area contributed by atoms with E-state index >= 15 is 0 Å². The third-order valence-electron chi connectivity index (χ3n) is 4.62. The minimum atomic E-state index is -1.15. The monoisotopic (exact) mass is 393 g/mol. The first-order chi connectivity index (χ1) is 13.5. The third-order valence-corrected chi connectivity index (χ3v) is 5.35. The van der Waals surface area contributed by atoms with Crippen molar-refractivity contribution in [3.05, 3.63) is 87.6 Å². The lowest BCUT2D eigenvalue weighted by Gasteiger charge is -2.19. The van der Waals surface area contributed by atoms with Gasteiger partial charge in [-0.1, -0.05) is 36.4 Å². The second-order valence-electron chi connectivity index (χ2n) is 6.63. The van der Waals surface area contributed by atoms with Gasteiger partial charge in [0.05, 0.1) is 0 Å². The quantitative estimate of drug-likeness (QED) is 0.513. The summed E-state index contributed by atoms with van der Waals surface area (Å²) in [6.07, 6.45) is 0.0328. The van der Waals surface area contributed by atoms with E-state index in [0.29, 0.717) is 17.9 Å². The van der Waals surface area contributed by atoms with Gasteiger partial charge < -0.3 is 14.6 Å². The molecular weight excluding hydrogens is 372 g/mol. The van der Waals surface area contributed by atoms with Gasteiger partial charge in [-0.2, -0.15) is 11.3 Å². The molecule has 0 bridgehead atoms. The zero-order chi connectivity index (χ0) is 19.9. The largest absolute Gasteiger partial charge is 0.550 e. The van der Waals surface area contributed by atoms with Gasteiger partial charge in [-0.05, 0) is 65.4 Å². The number of Topliss-reactive ketones (excluding diaryl/α,β-unsaturated/α-hetero) is 1. The maximum atomic E-state index is 13.2. The Hall–Kier alpha value is -2.92. The summed E-state index contributed by atoms with van der Waals surface area (Å²) in [6.45, 7) is 2.36. The number of carboxylic acid groups (broad SMARTS) is 1. The second kappa shape index (κ2) is 9.33. The van der Waals surface area contributed by atoms with Crippen molar-refractivity contribution in [2.24, 2.45) is 0 Å². The van der Waals surface area contributed by atoms with E-state index in [1.807, 2.05) is 54.1 Å². The maximum Gasteiger partial charge on any atom is 0.170 e. The van der Waals surface area contributed by atoms with Crippen LogP contribution in [0.1, 0.15) is 45.8 Å². The summed E-state index contributed by atoms with van der Waals surface area (Å²) in [5.41, 5.74) is 3.39. The summed E-state index contributed by atoms with van der Waals surface area (Å²) in [6, 6.07) is 16.6. The number of aryl methyl sites for hydroxylation is 1. The van der Waals surface area contributed by atoms with Gasteiger partial charge >= 0.3 is 0 Å². The molecule has 0 radical (unpaired) electrons. The van der Waals surface area contributed by atoms with Gasteiger partial charge in [0.1, 0.15) is 12.4 Å². The number of ketones is 1. The Morgan fingerprint density at radius 3 is 2.64 bits per heavy atom. The summed E-state index contributed by atoms with van der Waals surface area (Å²) >= 11 is 1.61. The molecule has 0 N–H and O–H groups in total. The van der Waals surface area contributed by atoms with E-state index in [2.05, 4.69) is 0 Å². The molecule has 0 saturated carbocycles. The molecule has 1 heterocycles. The van der Waals surface area contributed by atoms with E-state index < -0.39 is 11.9 Å². The predicted molar refractivity (Wildman–Crippen MR) is 108 cm³/mol. The zero-order valence-corrected chi connectivity index (χ0v) is 16.4. The molecule has 2 aromatic carbocycles. The van der Waals surface area contributed by atoms with Gasteiger partial charge in [0.15, 0.2) is 5.78 Å². The van der Waals surface area contributed by atoms with E-state index in [4.69, 9.17) is 4.74 Å². The number of thiophene rings is 1. The van der Waals surface area contributed by atoms with Gasteiger partial charge in [0.2, 0.25) is 0 Å². The molecule has 0 aliphatic carbocycles. The lowest BCUT2D eigenvalue weighted by molar-refractivity contribution is -0.305. The van der Waals surface area contributed by atoms with Crippen LogP contribution in [0.25, 0.3) is 0 Å². The normalized spacial score (nSPS) is 11.8. The topological polar surface area (TPSA) is 66.4 Å². The lowest BCUT2D eigenvalue weighted by Crippen LogP contribution is -2.24. The van der Waals surface area contributed by atoms with Crippen LogP contribution in [-0.2, 0) is 11.4 Å². The molecule has 5 heteroatoms. The molecule has 0 aliphatic rings. The SMILES string of the molecule is Cc1ccccc1C(CCC(=O)[O-])C(=O)c1cccc(OCc2ccsc2)c1. The van der Waals surface area contributed by atoms with Gasteiger partial charge in [-0.25, -0.2) is 0 Å². The van der Waals surface area contributed by atoms with Crippen LogP contribution in [0.15, 0.2) is 65.4 Å². The van der Waals surface area contributed by atoms with E-state index in [0.717, 1.165) is 16.7 Å². The molecule has 3 aromatic rings. The highest BCUT2D eigenvalue weighted by molar-refractivity contribution is 7.07. The van der Waals surface area contributed by atoms with Crippen LogP contribution < -0.4 is 9.84 Å². The predicted octanol–water partition coefficient (Wildman–Crippen LogP) is 4.13. The highest BCUT2D eigenvalue weighted by Gasteiger charge is 2.23. The zero-order valence-electron chi connectivity index (χ0n) is 15.6. The molecule has 3 rings (SSSR count). The Morgan fingerprint density at radius 2 is 1.93 bits per heavy atom. The highest BCUT2D eigenvalue weighted by atomic mass is 32.1. The molecule has 144 valence electrons. The molecular formula is C23H21O4S-. The van der Waals surface area contributed by atoms with Crippen molar-refractivity contribution in [3.8, 4) is 5.75 Å². The van der Waals surface area contributed by atoms with Crippen LogP contribution in [0.4, 0.5) is 0 Å². The summed E-state index contributed by atoms with van der Waals surface area (Å²) in [7, 11) is 0. The standard InChI is InChI=1S/C23H22O4S/c1-16-5-2-3-8-20(16)21(9-10-22(24)25)23(26)18-6-4-7-19(13-18)27-14-17-11-12-28-15-17/h2-8,11-13,15,21H,9-10,14H2,1H3,(H,24,25)/p-1. The number of ether oxygens (including phenoxy) is 1. The lowest BCUT2D eigenvalue weighted by atomic mass is 9.85. The van der Waals surface area contributed by atoms with Crippen LogP contribution in [0.3, 0.4) is 0 Å². The third kappa shape index (κ3) is 5.08. The fourth-order valence-corrected chi connectivity index (χ4v) is 3.80. The molecule has 4 nitrogen and oxygen atoms in total. The first-order valence-corrected chi connectivity index (χ1v) is 10.0. The van der Waals surface area contributed by atoms with E-state index in [1.165, 1.54) is 0 Å². The van der Waals surface area contributed by atoms with Gasteiger partial charge in [-0.3, -0.25) is 4.79 Å². The maximum absolute atomic E-state index is 13.2. The molecule has 0 amide bonds. The number of rotatable bonds is 9. The number of carbonyl (C=O) groups excluding carboxylic acids is 2. The van der Waals surface area contributed by atoms with Crippen LogP contribution in [0.5, 0.6) is 5.75 Å². The molecule has 1 aromatic heterocycles. The number of carboxylic acids is 1. The molecule has 28 heavy (non-hydrogen) atoms. The minimum Gasteiger partial charge on any atom is -0.550 e. The smallest absolute Gasteiger partial charge is 0.170 e. The summed E-state index contributed by atoms with van der Waals surface area (Å²) in [5, 5.41) is 15.0. The fourth-order valence-electron chi connectivity index (χ4n) is 3.15. The van der Waals surface area contributed by atoms with Gasteiger partial charge in [0, 0.05) is 17.5 Å². The number of carbonyl (C=O) groups is 2. The molecule has 0 aliphatic heterocycles. The number of benzene rings is 2. The van der Waals surface area contributed by atoms with E-state index in [-0.39, 0.29) is 18.6 Å². The summed E-state index contributed by atoms with van der Waals surface area (Å²) in [4.78, 5) is 24.2. The van der Waals surface area contributed by atoms with Crippen molar-refractivity contribution in [3.63, 3.8) is 0 Å². The Morgan fingerprint density at radius 1 is 1.11 bits per heavy atom. The Labute approximate surface area is 168 Å². The average Bonchev–Trinajstić information content (AvgIpc) is 3.21. The van der Waals surface area contributed by atoms with E-state index in [1.54, 1.807) is 29.5 Å². The van der Waals surface area contributed by atoms with Crippen LogP contribution in [-0.4, -0.2) is 11.8 Å². The highest BCUT2D eigenvalue weighted by Crippen LogP contribution is 2.29. The van der Waals surface area contributed by atoms with Gasteiger partial charge in [-0.15, -0.1) is 0 Å². The average molecular weight is 393 g/mol. The Kier molecular flexibility index (Phi) is 6.61. The van der Waals surface area contributed by atoms with Crippen molar-refractivity contribution in [2.75, 3.05) is 0 Å².